The van der Waals surface area contributed by atoms with E-state index in [0.29, 0.717) is 83.2 Å². The molecule has 0 bridgehead atoms. The third kappa shape index (κ3) is 22.2. The lowest BCUT2D eigenvalue weighted by atomic mass is 9.92. The van der Waals surface area contributed by atoms with Crippen LogP contribution < -0.4 is 16.0 Å². The molecule has 0 aliphatic rings. The number of carbonyl (C=O) groups excluding carboxylic acids is 3. The van der Waals surface area contributed by atoms with Crippen molar-refractivity contribution < 1.29 is 38.5 Å². The summed E-state index contributed by atoms with van der Waals surface area (Å²) in [4.78, 5) is 62.9. The van der Waals surface area contributed by atoms with Gasteiger partial charge in [-0.05, 0) is 144 Å². The summed E-state index contributed by atoms with van der Waals surface area (Å²) in [5, 5.41) is 18.3. The second kappa shape index (κ2) is 33.8. The van der Waals surface area contributed by atoms with Gasteiger partial charge in [-0.25, -0.2) is 19.2 Å². The first-order chi connectivity index (χ1) is 37.1. The van der Waals surface area contributed by atoms with Crippen molar-refractivity contribution in [2.24, 2.45) is 17.8 Å². The number of carbonyl (C=O) groups is 4. The number of hydrogen-bond acceptors (Lipinski definition) is 13. The fraction of sp³-hybridized carbons (Fsp3) is 0.476. The third-order valence-corrected chi connectivity index (χ3v) is 13.6. The largest absolute Gasteiger partial charge is 0.478 e. The van der Waals surface area contributed by atoms with Crippen LogP contribution in [-0.2, 0) is 19.0 Å². The molecule has 0 saturated carbocycles. The number of nitrogens with one attached hydrogen (secondary N) is 3. The monoisotopic (exact) mass is 1050 g/mol. The van der Waals surface area contributed by atoms with Gasteiger partial charge in [0, 0.05) is 23.1 Å². The Labute approximate surface area is 458 Å². The molecule has 77 heavy (non-hydrogen) atoms. The molecule has 4 aromatic carbocycles. The summed E-state index contributed by atoms with van der Waals surface area (Å²) < 4.78 is 16.9. The topological polar surface area (TPSA) is 191 Å². The number of unbranched alkanes of at least 4 members (excludes halogenated alkanes) is 3. The van der Waals surface area contributed by atoms with Crippen molar-refractivity contribution in [1.82, 2.24) is 15.0 Å². The first-order valence-electron chi connectivity index (χ1n) is 28.0. The number of carboxylic acid groups (broad SMARTS) is 1. The Morgan fingerprint density at radius 3 is 1.10 bits per heavy atom. The molecule has 0 aliphatic carbocycles. The number of aliphatic carboxylic acids is 1. The fourth-order valence-corrected chi connectivity index (χ4v) is 8.31. The lowest BCUT2D eigenvalue weighted by Crippen LogP contribution is -2.14. The number of ether oxygens (including phenoxy) is 3. The van der Waals surface area contributed by atoms with Gasteiger partial charge in [0.05, 0.1) is 36.5 Å². The van der Waals surface area contributed by atoms with E-state index in [1.54, 1.807) is 78.9 Å². The molecule has 4 N–H and O–H groups in total. The molecule has 1 aromatic heterocycles. The third-order valence-electron chi connectivity index (χ3n) is 13.6. The van der Waals surface area contributed by atoms with E-state index < -0.39 is 5.97 Å². The molecule has 3 atom stereocenters. The number of nitrogens with zero attached hydrogens (tertiary/aromatic N) is 3. The number of aromatic nitrogens is 3. The summed E-state index contributed by atoms with van der Waals surface area (Å²) >= 11 is 0. The maximum Gasteiger partial charge on any atom is 0.338 e. The van der Waals surface area contributed by atoms with Gasteiger partial charge in [0.15, 0.2) is 0 Å². The normalized spacial score (nSPS) is 12.3. The van der Waals surface area contributed by atoms with E-state index in [2.05, 4.69) is 118 Å². The van der Waals surface area contributed by atoms with E-state index in [1.165, 1.54) is 17.2 Å². The number of hydrogen-bond donors (Lipinski definition) is 4. The zero-order valence-electron chi connectivity index (χ0n) is 47.5. The lowest BCUT2D eigenvalue weighted by molar-refractivity contribution is -0.131. The molecule has 5 aromatic rings. The zero-order valence-corrected chi connectivity index (χ0v) is 47.5. The van der Waals surface area contributed by atoms with Gasteiger partial charge in [-0.2, -0.15) is 15.0 Å². The van der Waals surface area contributed by atoms with Crippen LogP contribution in [0.4, 0.5) is 34.9 Å². The molecule has 0 spiro atoms. The molecule has 416 valence electrons. The lowest BCUT2D eigenvalue weighted by Gasteiger charge is -2.15. The van der Waals surface area contributed by atoms with Gasteiger partial charge in [0.25, 0.3) is 0 Å². The Bertz CT molecular complexity index is 2370. The predicted molar refractivity (Wildman–Crippen MR) is 311 cm³/mol. The molecule has 5 rings (SSSR count). The molecule has 0 aliphatic heterocycles. The van der Waals surface area contributed by atoms with Crippen molar-refractivity contribution in [2.45, 2.75) is 158 Å². The molecule has 1 heterocycles. The standard InChI is InChI=1S/C48H66N6O6.C15H20O2/c1-7-13-16-34(10-4)31-58-43(55)37-19-25-40(26-20-37)49-46-52-47(50-41-27-21-38(22-28-41)44(56)59-32-35(11-5)17-14-8-2)54-48(53-46)51-42-29-23-39(24-30-42)45(57)60-33-36(12-6)18-15-9-3;1-10(2)12-5-7-14(11(3)4)13(9-12)6-8-15(16)17/h19-30,34-36H,7-18,31-33H2,1-6H3,(H3,49,50,51,52,53,54);5-11H,1-4H3,(H,16,17). The second-order valence-corrected chi connectivity index (χ2v) is 20.3. The number of rotatable bonds is 31. The molecule has 0 amide bonds. The second-order valence-electron chi connectivity index (χ2n) is 20.3. The Morgan fingerprint density at radius 2 is 0.831 bits per heavy atom. The van der Waals surface area contributed by atoms with Gasteiger partial charge in [0.1, 0.15) is 0 Å². The van der Waals surface area contributed by atoms with Gasteiger partial charge in [-0.1, -0.05) is 145 Å². The van der Waals surface area contributed by atoms with Crippen molar-refractivity contribution in [1.29, 1.82) is 0 Å². The average Bonchev–Trinajstić information content (AvgIpc) is 3.43. The molecule has 0 saturated heterocycles. The molecule has 3 unspecified atom stereocenters. The van der Waals surface area contributed by atoms with Crippen LogP contribution in [0.3, 0.4) is 0 Å². The number of anilines is 6. The van der Waals surface area contributed by atoms with Crippen LogP contribution >= 0.6 is 0 Å². The average molecular weight is 1060 g/mol. The Balaban J connectivity index is 0.000000638. The predicted octanol–water partition coefficient (Wildman–Crippen LogP) is 16.3. The van der Waals surface area contributed by atoms with Crippen molar-refractivity contribution in [3.8, 4) is 0 Å². The Hall–Kier alpha value is -7.09. The molecule has 14 heteroatoms. The first kappa shape index (κ1) is 62.4. The van der Waals surface area contributed by atoms with Crippen molar-refractivity contribution in [2.75, 3.05) is 35.8 Å². The van der Waals surface area contributed by atoms with Crippen LogP contribution in [0.5, 0.6) is 0 Å². The van der Waals surface area contributed by atoms with E-state index >= 15 is 0 Å². The first-order valence-corrected chi connectivity index (χ1v) is 28.0. The van der Waals surface area contributed by atoms with E-state index in [1.807, 2.05) is 0 Å². The minimum absolute atomic E-state index is 0.231. The smallest absolute Gasteiger partial charge is 0.338 e. The van der Waals surface area contributed by atoms with Crippen LogP contribution in [0.1, 0.15) is 206 Å². The molecule has 0 radical (unpaired) electrons. The molecular weight excluding hydrogens is 969 g/mol. The summed E-state index contributed by atoms with van der Waals surface area (Å²) in [6.45, 7) is 22.6. The highest BCUT2D eigenvalue weighted by Gasteiger charge is 2.17. The van der Waals surface area contributed by atoms with Crippen molar-refractivity contribution in [3.63, 3.8) is 0 Å². The van der Waals surface area contributed by atoms with Gasteiger partial charge in [-0.3, -0.25) is 0 Å². The molecular formula is C63H86N6O8. The van der Waals surface area contributed by atoms with Gasteiger partial charge >= 0.3 is 23.9 Å². The van der Waals surface area contributed by atoms with E-state index in [-0.39, 0.29) is 35.8 Å². The number of esters is 3. The van der Waals surface area contributed by atoms with Gasteiger partial charge in [-0.15, -0.1) is 0 Å². The Kier molecular flexibility index (Phi) is 27.4. The van der Waals surface area contributed by atoms with Crippen molar-refractivity contribution in [3.05, 3.63) is 130 Å². The van der Waals surface area contributed by atoms with Gasteiger partial charge < -0.3 is 35.3 Å². The van der Waals surface area contributed by atoms with E-state index in [0.717, 1.165) is 82.6 Å². The van der Waals surface area contributed by atoms with Crippen LogP contribution in [0.25, 0.3) is 6.08 Å². The van der Waals surface area contributed by atoms with Crippen LogP contribution in [0, 0.1) is 17.8 Å². The van der Waals surface area contributed by atoms with Crippen LogP contribution in [-0.4, -0.2) is 63.8 Å². The maximum absolute atomic E-state index is 12.8. The highest BCUT2D eigenvalue weighted by atomic mass is 16.5. The minimum Gasteiger partial charge on any atom is -0.478 e. The number of carboxylic acids is 1. The summed E-state index contributed by atoms with van der Waals surface area (Å²) in [6, 6.07) is 27.1. The van der Waals surface area contributed by atoms with E-state index in [9.17, 15) is 19.2 Å². The number of benzene rings is 4. The van der Waals surface area contributed by atoms with Crippen molar-refractivity contribution >= 4 is 64.9 Å². The summed E-state index contributed by atoms with van der Waals surface area (Å²) in [6.07, 6.45) is 15.6. The fourth-order valence-electron chi connectivity index (χ4n) is 8.31. The quantitative estimate of drug-likeness (QED) is 0.0186. The maximum atomic E-state index is 12.8. The Morgan fingerprint density at radius 1 is 0.494 bits per heavy atom. The summed E-state index contributed by atoms with van der Waals surface area (Å²) in [7, 11) is 0. The minimum atomic E-state index is -0.908. The molecule has 0 fully saturated rings. The highest BCUT2D eigenvalue weighted by molar-refractivity contribution is 5.91. The highest BCUT2D eigenvalue weighted by Crippen LogP contribution is 2.27. The van der Waals surface area contributed by atoms with Gasteiger partial charge in [0.2, 0.25) is 17.8 Å². The van der Waals surface area contributed by atoms with Crippen LogP contribution in [0.2, 0.25) is 0 Å². The van der Waals surface area contributed by atoms with Crippen LogP contribution in [0.15, 0.2) is 97.1 Å². The summed E-state index contributed by atoms with van der Waals surface area (Å²) in [5.74, 6) is 0.612. The van der Waals surface area contributed by atoms with E-state index in [4.69, 9.17) is 19.3 Å². The zero-order chi connectivity index (χ0) is 56.1. The SMILES string of the molecule is CC(C)c1ccc(C(C)C)c(C=CC(=O)O)c1.CCCCC(CC)COC(=O)c1ccc(Nc2nc(Nc3ccc(C(=O)OCC(CC)CCCC)cc3)nc(Nc3ccc(C(=O)OCC(CC)CCCC)cc3)n2)cc1. The molecule has 14 nitrogen and oxygen atoms in total. The summed E-state index contributed by atoms with van der Waals surface area (Å²) in [5.41, 5.74) is 6.73.